The minimum atomic E-state index is -0.500. The highest BCUT2D eigenvalue weighted by atomic mass is 32.2. The van der Waals surface area contributed by atoms with E-state index in [2.05, 4.69) is 21.9 Å². The van der Waals surface area contributed by atoms with Gasteiger partial charge in [-0.25, -0.2) is 9.52 Å². The molecule has 0 radical (unpaired) electrons. The van der Waals surface area contributed by atoms with E-state index in [9.17, 15) is 14.4 Å². The molecule has 0 bridgehead atoms. The number of esters is 1. The zero-order valence-corrected chi connectivity index (χ0v) is 16.7. The highest BCUT2D eigenvalue weighted by Crippen LogP contribution is 2.21. The van der Waals surface area contributed by atoms with Crippen LogP contribution in [0.4, 0.5) is 5.69 Å². The summed E-state index contributed by atoms with van der Waals surface area (Å²) in [6.07, 6.45) is 1.25. The summed E-state index contributed by atoms with van der Waals surface area (Å²) in [4.78, 5) is 37.7. The fourth-order valence-corrected chi connectivity index (χ4v) is 3.09. The summed E-state index contributed by atoms with van der Waals surface area (Å²) in [7, 11) is 1.30. The third kappa shape index (κ3) is 5.99. The molecule has 28 heavy (non-hydrogen) atoms. The number of piperidine rings is 1. The first kappa shape index (κ1) is 21.8. The fourth-order valence-electron chi connectivity index (χ4n) is 2.93. The minimum absolute atomic E-state index is 0.0306. The summed E-state index contributed by atoms with van der Waals surface area (Å²) in [6.45, 7) is 3.04. The normalized spacial score (nSPS) is 14.0. The Morgan fingerprint density at radius 2 is 2.04 bits per heavy atom. The van der Waals surface area contributed by atoms with Gasteiger partial charge in [-0.05, 0) is 31.0 Å². The number of hydrogen-bond donors (Lipinski definition) is 3. The Bertz CT molecular complexity index is 795. The van der Waals surface area contributed by atoms with Crippen molar-refractivity contribution < 1.29 is 19.1 Å². The Hall–Kier alpha value is -2.54. The summed E-state index contributed by atoms with van der Waals surface area (Å²) in [5.74, 6) is 5.03. The lowest BCUT2D eigenvalue weighted by atomic mass is 9.95. The molecule has 150 valence electrons. The van der Waals surface area contributed by atoms with Crippen molar-refractivity contribution in [1.82, 2.24) is 9.62 Å². The third-order valence-electron chi connectivity index (χ3n) is 4.47. The van der Waals surface area contributed by atoms with Crippen LogP contribution in [0.3, 0.4) is 0 Å². The molecule has 1 fully saturated rings. The third-order valence-corrected chi connectivity index (χ3v) is 4.78. The van der Waals surface area contributed by atoms with Gasteiger partial charge in [0.1, 0.15) is 0 Å². The lowest BCUT2D eigenvalue weighted by molar-refractivity contribution is -0.132. The summed E-state index contributed by atoms with van der Waals surface area (Å²) in [6, 6.07) is 4.88. The van der Waals surface area contributed by atoms with Crippen LogP contribution in [0.5, 0.6) is 0 Å². The Kier molecular flexibility index (Phi) is 8.32. The molecule has 0 aliphatic carbocycles. The number of anilines is 1. The van der Waals surface area contributed by atoms with Crippen molar-refractivity contribution in [3.63, 3.8) is 0 Å². The second-order valence-electron chi connectivity index (χ2n) is 6.26. The largest absolute Gasteiger partial charge is 0.465 e. The van der Waals surface area contributed by atoms with Crippen LogP contribution < -0.4 is 15.2 Å². The van der Waals surface area contributed by atoms with Crippen LogP contribution in [0.15, 0.2) is 18.2 Å². The maximum Gasteiger partial charge on any atom is 0.339 e. The van der Waals surface area contributed by atoms with Crippen LogP contribution >= 0.6 is 12.1 Å². The van der Waals surface area contributed by atoms with Crippen molar-refractivity contribution >= 4 is 35.6 Å². The van der Waals surface area contributed by atoms with Gasteiger partial charge in [0.2, 0.25) is 11.8 Å². The molecule has 1 heterocycles. The maximum atomic E-state index is 12.6. The number of hydrogen-bond acceptors (Lipinski definition) is 7. The Morgan fingerprint density at radius 3 is 2.64 bits per heavy atom. The van der Waals surface area contributed by atoms with Gasteiger partial charge >= 0.3 is 5.97 Å². The first-order chi connectivity index (χ1) is 13.5. The fraction of sp³-hybridized carbons (Fsp3) is 0.421. The summed E-state index contributed by atoms with van der Waals surface area (Å²) in [5, 5.41) is 8.16. The molecular weight excluding hydrogens is 380 g/mol. The zero-order chi connectivity index (χ0) is 20.5. The van der Waals surface area contributed by atoms with E-state index >= 15 is 0 Å². The smallest absolute Gasteiger partial charge is 0.339 e. The van der Waals surface area contributed by atoms with Crippen LogP contribution in [-0.2, 0) is 14.3 Å². The molecule has 0 saturated carbocycles. The molecule has 1 aromatic carbocycles. The van der Waals surface area contributed by atoms with E-state index in [0.717, 1.165) is 12.1 Å². The molecular formula is C19H24N4O4S. The van der Waals surface area contributed by atoms with Gasteiger partial charge in [-0.3, -0.25) is 14.7 Å². The second kappa shape index (κ2) is 10.7. The number of carbonyl (C=O) groups is 3. The molecule has 8 nitrogen and oxygen atoms in total. The monoisotopic (exact) mass is 404 g/mol. The molecule has 2 rings (SSSR count). The number of benzene rings is 1. The first-order valence-electron chi connectivity index (χ1n) is 8.82. The minimum Gasteiger partial charge on any atom is -0.465 e. The summed E-state index contributed by atoms with van der Waals surface area (Å²) >= 11 is 0.955. The SMILES string of the molecule is COC(=O)c1ccc(NC(=O)C2CCN(C(C)=O)CC2)cc1C#CCNSN. The van der Waals surface area contributed by atoms with Crippen molar-refractivity contribution in [3.05, 3.63) is 29.3 Å². The lowest BCUT2D eigenvalue weighted by Crippen LogP contribution is -2.40. The standard InChI is InChI=1S/C19H24N4O4S/c1-13(24)23-10-7-14(8-11-23)18(25)22-16-5-6-17(19(26)27-2)15(12-16)4-3-9-21-28-20/h5-6,12,14,21H,7-11,20H2,1-2H3,(H,22,25). The predicted molar refractivity (Wildman–Crippen MR) is 108 cm³/mol. The molecule has 1 aliphatic heterocycles. The second-order valence-corrected chi connectivity index (χ2v) is 6.79. The zero-order valence-electron chi connectivity index (χ0n) is 15.9. The van der Waals surface area contributed by atoms with Gasteiger partial charge in [0.05, 0.1) is 19.2 Å². The molecule has 2 amide bonds. The van der Waals surface area contributed by atoms with Crippen molar-refractivity contribution in [1.29, 1.82) is 0 Å². The number of nitrogens with two attached hydrogens (primary N) is 1. The van der Waals surface area contributed by atoms with Gasteiger partial charge in [-0.15, -0.1) is 0 Å². The van der Waals surface area contributed by atoms with Crippen LogP contribution in [0, 0.1) is 17.8 Å². The first-order valence-corrected chi connectivity index (χ1v) is 9.70. The van der Waals surface area contributed by atoms with Gasteiger partial charge in [0, 0.05) is 49.3 Å². The summed E-state index contributed by atoms with van der Waals surface area (Å²) in [5.41, 5.74) is 1.33. The molecule has 0 spiro atoms. The quantitative estimate of drug-likeness (QED) is 0.292. The van der Waals surface area contributed by atoms with Crippen LogP contribution in [0.1, 0.15) is 35.7 Å². The van der Waals surface area contributed by atoms with Crippen LogP contribution in [0.2, 0.25) is 0 Å². The van der Waals surface area contributed by atoms with E-state index in [1.807, 2.05) is 0 Å². The average molecular weight is 404 g/mol. The van der Waals surface area contributed by atoms with Crippen molar-refractivity contribution in [2.75, 3.05) is 32.1 Å². The number of nitrogens with one attached hydrogen (secondary N) is 2. The van der Waals surface area contributed by atoms with Crippen LogP contribution in [0.25, 0.3) is 0 Å². The van der Waals surface area contributed by atoms with Gasteiger partial charge < -0.3 is 15.0 Å². The van der Waals surface area contributed by atoms with Gasteiger partial charge in [-0.1, -0.05) is 11.8 Å². The van der Waals surface area contributed by atoms with E-state index < -0.39 is 5.97 Å². The number of likely N-dealkylation sites (tertiary alicyclic amines) is 1. The van der Waals surface area contributed by atoms with E-state index in [1.165, 1.54) is 14.0 Å². The summed E-state index contributed by atoms with van der Waals surface area (Å²) < 4.78 is 7.57. The molecule has 9 heteroatoms. The maximum absolute atomic E-state index is 12.6. The molecule has 0 aromatic heterocycles. The van der Waals surface area contributed by atoms with Gasteiger partial charge in [0.15, 0.2) is 0 Å². The molecule has 1 saturated heterocycles. The predicted octanol–water partition coefficient (Wildman–Crippen LogP) is 1.13. The number of methoxy groups -OCH3 is 1. The van der Waals surface area contributed by atoms with Crippen LogP contribution in [-0.4, -0.2) is 49.4 Å². The highest BCUT2D eigenvalue weighted by molar-refractivity contribution is 7.95. The lowest BCUT2D eigenvalue weighted by Gasteiger charge is -2.30. The van der Waals surface area contributed by atoms with E-state index in [0.29, 0.717) is 49.3 Å². The van der Waals surface area contributed by atoms with E-state index in [-0.39, 0.29) is 17.7 Å². The molecule has 0 unspecified atom stereocenters. The average Bonchev–Trinajstić information content (AvgIpc) is 2.71. The van der Waals surface area contributed by atoms with Gasteiger partial charge in [0.25, 0.3) is 0 Å². The Morgan fingerprint density at radius 1 is 1.32 bits per heavy atom. The topological polar surface area (TPSA) is 114 Å². The van der Waals surface area contributed by atoms with Crippen molar-refractivity contribution in [3.8, 4) is 11.8 Å². The molecule has 1 aliphatic rings. The Balaban J connectivity index is 2.10. The molecule has 1 aromatic rings. The van der Waals surface area contributed by atoms with E-state index in [4.69, 9.17) is 9.88 Å². The number of rotatable bonds is 5. The molecule has 4 N–H and O–H groups in total. The highest BCUT2D eigenvalue weighted by Gasteiger charge is 2.26. The molecule has 0 atom stereocenters. The number of ether oxygens (including phenoxy) is 1. The van der Waals surface area contributed by atoms with Gasteiger partial charge in [-0.2, -0.15) is 0 Å². The van der Waals surface area contributed by atoms with Crippen molar-refractivity contribution in [2.24, 2.45) is 11.1 Å². The number of carbonyl (C=O) groups excluding carboxylic acids is 3. The van der Waals surface area contributed by atoms with E-state index in [1.54, 1.807) is 23.1 Å². The number of nitrogens with zero attached hydrogens (tertiary/aromatic N) is 1. The Labute approximate surface area is 168 Å². The number of amides is 2. The van der Waals surface area contributed by atoms with Crippen molar-refractivity contribution in [2.45, 2.75) is 19.8 Å².